The molecule has 4 aromatic rings. The Morgan fingerprint density at radius 3 is 2.33 bits per heavy atom. The lowest BCUT2D eigenvalue weighted by atomic mass is 9.96. The minimum absolute atomic E-state index is 0.0659. The number of nitrogens with zero attached hydrogens (tertiary/aromatic N) is 4. The van der Waals surface area contributed by atoms with Crippen LogP contribution in [-0.2, 0) is 4.79 Å². The van der Waals surface area contributed by atoms with E-state index in [1.807, 2.05) is 41.4 Å². The summed E-state index contributed by atoms with van der Waals surface area (Å²) in [5, 5.41) is 16.0. The Morgan fingerprint density at radius 1 is 0.879 bits per heavy atom. The van der Waals surface area contributed by atoms with E-state index in [0.29, 0.717) is 13.0 Å². The Bertz CT molecular complexity index is 1300. The molecule has 0 spiro atoms. The SMILES string of the molecule is O=C(O)CCCN1N=C(c2ccc3nccnc3c2)CC1c1ccc(-c2ccccc2)cc1. The van der Waals surface area contributed by atoms with Crippen molar-refractivity contribution in [3.05, 3.63) is 96.3 Å². The van der Waals surface area contributed by atoms with Crippen LogP contribution in [0.3, 0.4) is 0 Å². The summed E-state index contributed by atoms with van der Waals surface area (Å²) < 4.78 is 0. The second kappa shape index (κ2) is 9.20. The molecular weight excluding hydrogens is 412 g/mol. The maximum atomic E-state index is 11.0. The number of hydrogen-bond donors (Lipinski definition) is 1. The number of carboxylic acids is 1. The van der Waals surface area contributed by atoms with Gasteiger partial charge in [-0.2, -0.15) is 5.10 Å². The summed E-state index contributed by atoms with van der Waals surface area (Å²) >= 11 is 0. The molecule has 0 aliphatic carbocycles. The van der Waals surface area contributed by atoms with Crippen LogP contribution in [0.15, 0.2) is 90.3 Å². The van der Waals surface area contributed by atoms with E-state index in [1.165, 1.54) is 16.7 Å². The van der Waals surface area contributed by atoms with Crippen LogP contribution in [0.5, 0.6) is 0 Å². The molecule has 6 heteroatoms. The predicted octanol–water partition coefficient (Wildman–Crippen LogP) is 5.31. The normalized spacial score (nSPS) is 15.6. The van der Waals surface area contributed by atoms with E-state index in [1.54, 1.807) is 12.4 Å². The van der Waals surface area contributed by atoms with Gasteiger partial charge >= 0.3 is 5.97 Å². The first kappa shape index (κ1) is 20.8. The average molecular weight is 437 g/mol. The summed E-state index contributed by atoms with van der Waals surface area (Å²) in [7, 11) is 0. The fraction of sp³-hybridized carbons (Fsp3) is 0.185. The summed E-state index contributed by atoms with van der Waals surface area (Å²) in [6.07, 6.45) is 4.82. The number of aromatic nitrogens is 2. The number of hydrogen-bond acceptors (Lipinski definition) is 5. The van der Waals surface area contributed by atoms with Crippen LogP contribution >= 0.6 is 0 Å². The van der Waals surface area contributed by atoms with Crippen molar-refractivity contribution >= 4 is 22.7 Å². The third-order valence-corrected chi connectivity index (χ3v) is 5.98. The summed E-state index contributed by atoms with van der Waals surface area (Å²) in [6.45, 7) is 0.592. The molecule has 6 nitrogen and oxygen atoms in total. The summed E-state index contributed by atoms with van der Waals surface area (Å²) in [6, 6.07) is 25.0. The van der Waals surface area contributed by atoms with E-state index in [2.05, 4.69) is 46.4 Å². The lowest BCUT2D eigenvalue weighted by molar-refractivity contribution is -0.137. The highest BCUT2D eigenvalue weighted by atomic mass is 16.4. The standard InChI is InChI=1S/C27H24N4O2/c32-27(33)7-4-16-31-26(21-10-8-20(9-11-21)19-5-2-1-3-6-19)18-24(30-31)22-12-13-23-25(17-22)29-15-14-28-23/h1-3,5-6,8-15,17,26H,4,7,16,18H2,(H,32,33). The predicted molar refractivity (Wildman–Crippen MR) is 129 cm³/mol. The topological polar surface area (TPSA) is 78.7 Å². The molecule has 1 aromatic heterocycles. The Kier molecular flexibility index (Phi) is 5.81. The number of benzene rings is 3. The minimum Gasteiger partial charge on any atom is -0.481 e. The van der Waals surface area contributed by atoms with Crippen LogP contribution in [0, 0.1) is 0 Å². The monoisotopic (exact) mass is 436 g/mol. The van der Waals surface area contributed by atoms with Crippen molar-refractivity contribution in [2.24, 2.45) is 5.10 Å². The number of rotatable bonds is 7. The molecule has 0 bridgehead atoms. The maximum absolute atomic E-state index is 11.0. The van der Waals surface area contributed by atoms with Crippen LogP contribution in [-0.4, -0.2) is 38.3 Å². The van der Waals surface area contributed by atoms with Gasteiger partial charge in [0.15, 0.2) is 0 Å². The van der Waals surface area contributed by atoms with Gasteiger partial charge in [0.25, 0.3) is 0 Å². The van der Waals surface area contributed by atoms with Crippen molar-refractivity contribution in [3.8, 4) is 11.1 Å². The van der Waals surface area contributed by atoms with Gasteiger partial charge in [0.05, 0.1) is 22.8 Å². The number of fused-ring (bicyclic) bond motifs is 1. The summed E-state index contributed by atoms with van der Waals surface area (Å²) in [4.78, 5) is 19.8. The van der Waals surface area contributed by atoms with Gasteiger partial charge < -0.3 is 5.11 Å². The first-order valence-corrected chi connectivity index (χ1v) is 11.1. The second-order valence-electron chi connectivity index (χ2n) is 8.17. The van der Waals surface area contributed by atoms with Crippen molar-refractivity contribution in [2.75, 3.05) is 6.54 Å². The van der Waals surface area contributed by atoms with Crippen molar-refractivity contribution in [3.63, 3.8) is 0 Å². The molecule has 0 saturated heterocycles. The molecule has 2 heterocycles. The van der Waals surface area contributed by atoms with E-state index < -0.39 is 5.97 Å². The van der Waals surface area contributed by atoms with Crippen LogP contribution in [0.2, 0.25) is 0 Å². The Labute approximate surface area is 192 Å². The molecule has 164 valence electrons. The van der Waals surface area contributed by atoms with Crippen LogP contribution in [0.25, 0.3) is 22.2 Å². The largest absolute Gasteiger partial charge is 0.481 e. The summed E-state index contributed by atoms with van der Waals surface area (Å²) in [5.41, 5.74) is 7.22. The van der Waals surface area contributed by atoms with Crippen LogP contribution in [0.1, 0.15) is 36.4 Å². The van der Waals surface area contributed by atoms with Gasteiger partial charge in [-0.15, -0.1) is 0 Å². The van der Waals surface area contributed by atoms with Crippen LogP contribution in [0.4, 0.5) is 0 Å². The molecule has 0 fully saturated rings. The Balaban J connectivity index is 1.42. The molecular formula is C27H24N4O2. The first-order chi connectivity index (χ1) is 16.2. The van der Waals surface area contributed by atoms with E-state index in [9.17, 15) is 4.79 Å². The number of aliphatic carboxylic acids is 1. The number of hydrazone groups is 1. The van der Waals surface area contributed by atoms with E-state index in [0.717, 1.165) is 28.7 Å². The average Bonchev–Trinajstić information content (AvgIpc) is 3.28. The minimum atomic E-state index is -0.782. The second-order valence-corrected chi connectivity index (χ2v) is 8.17. The highest BCUT2D eigenvalue weighted by Gasteiger charge is 2.28. The van der Waals surface area contributed by atoms with Gasteiger partial charge in [-0.1, -0.05) is 60.7 Å². The molecule has 1 N–H and O–H groups in total. The van der Waals surface area contributed by atoms with Gasteiger partial charge in [-0.05, 0) is 35.2 Å². The molecule has 5 rings (SSSR count). The molecule has 0 radical (unpaired) electrons. The van der Waals surface area contributed by atoms with Crippen molar-refractivity contribution in [1.82, 2.24) is 15.0 Å². The maximum Gasteiger partial charge on any atom is 0.303 e. The van der Waals surface area contributed by atoms with E-state index >= 15 is 0 Å². The molecule has 1 atom stereocenters. The van der Waals surface area contributed by atoms with Gasteiger partial charge in [-0.3, -0.25) is 19.8 Å². The molecule has 1 aliphatic heterocycles. The highest BCUT2D eigenvalue weighted by Crippen LogP contribution is 2.34. The molecule has 0 amide bonds. The molecule has 33 heavy (non-hydrogen) atoms. The number of carbonyl (C=O) groups is 1. The first-order valence-electron chi connectivity index (χ1n) is 11.1. The third kappa shape index (κ3) is 4.60. The lowest BCUT2D eigenvalue weighted by Crippen LogP contribution is -2.21. The van der Waals surface area contributed by atoms with Crippen molar-refractivity contribution in [1.29, 1.82) is 0 Å². The van der Waals surface area contributed by atoms with E-state index in [-0.39, 0.29) is 12.5 Å². The molecule has 0 saturated carbocycles. The zero-order valence-corrected chi connectivity index (χ0v) is 18.1. The van der Waals surface area contributed by atoms with Gasteiger partial charge in [0.2, 0.25) is 0 Å². The highest BCUT2D eigenvalue weighted by molar-refractivity contribution is 6.03. The Morgan fingerprint density at radius 2 is 1.58 bits per heavy atom. The Hall–Kier alpha value is -4.06. The quantitative estimate of drug-likeness (QED) is 0.425. The third-order valence-electron chi connectivity index (χ3n) is 5.98. The lowest BCUT2D eigenvalue weighted by Gasteiger charge is -2.24. The van der Waals surface area contributed by atoms with Gasteiger partial charge in [0.1, 0.15) is 0 Å². The zero-order chi connectivity index (χ0) is 22.6. The number of carboxylic acid groups (broad SMARTS) is 1. The van der Waals surface area contributed by atoms with Gasteiger partial charge in [-0.25, -0.2) is 0 Å². The van der Waals surface area contributed by atoms with Crippen molar-refractivity contribution in [2.45, 2.75) is 25.3 Å². The fourth-order valence-electron chi connectivity index (χ4n) is 4.29. The molecule has 1 unspecified atom stereocenters. The molecule has 1 aliphatic rings. The zero-order valence-electron chi connectivity index (χ0n) is 18.1. The fourth-order valence-corrected chi connectivity index (χ4v) is 4.29. The summed E-state index contributed by atoms with van der Waals surface area (Å²) in [5.74, 6) is -0.782. The van der Waals surface area contributed by atoms with Gasteiger partial charge in [0, 0.05) is 37.3 Å². The molecule has 3 aromatic carbocycles. The van der Waals surface area contributed by atoms with Crippen molar-refractivity contribution < 1.29 is 9.90 Å². The smallest absolute Gasteiger partial charge is 0.303 e. The van der Waals surface area contributed by atoms with E-state index in [4.69, 9.17) is 10.2 Å². The van der Waals surface area contributed by atoms with Crippen LogP contribution < -0.4 is 0 Å².